The number of rotatable bonds is 6. The van der Waals surface area contributed by atoms with Crippen molar-refractivity contribution in [2.45, 2.75) is 57.9 Å². The van der Waals surface area contributed by atoms with Crippen LogP contribution in [-0.2, 0) is 0 Å². The first-order valence-corrected chi connectivity index (χ1v) is 13.1. The largest absolute Gasteiger partial charge is 0.350 e. The predicted molar refractivity (Wildman–Crippen MR) is 136 cm³/mol. The Morgan fingerprint density at radius 3 is 2.56 bits per heavy atom. The van der Waals surface area contributed by atoms with Crippen LogP contribution in [0.5, 0.6) is 0 Å². The number of thiazole rings is 1. The van der Waals surface area contributed by atoms with Gasteiger partial charge in [0.05, 0.1) is 9.88 Å². The van der Waals surface area contributed by atoms with Gasteiger partial charge in [0.1, 0.15) is 5.69 Å². The molecule has 5 rings (SSSR count). The summed E-state index contributed by atoms with van der Waals surface area (Å²) in [6.45, 7) is 5.21. The van der Waals surface area contributed by atoms with Gasteiger partial charge in [0.25, 0.3) is 11.8 Å². The monoisotopic (exact) mass is 473 g/mol. The van der Waals surface area contributed by atoms with Crippen molar-refractivity contribution in [1.29, 1.82) is 0 Å². The molecule has 1 saturated carbocycles. The lowest BCUT2D eigenvalue weighted by Crippen LogP contribution is -2.49. The van der Waals surface area contributed by atoms with Gasteiger partial charge in [-0.25, -0.2) is 4.98 Å². The first-order valence-electron chi connectivity index (χ1n) is 12.2. The highest BCUT2D eigenvalue weighted by atomic mass is 32.1. The Kier molecular flexibility index (Phi) is 6.50. The van der Waals surface area contributed by atoms with E-state index in [2.05, 4.69) is 17.4 Å². The molecule has 0 spiro atoms. The Morgan fingerprint density at radius 1 is 1.03 bits per heavy atom. The maximum atomic E-state index is 13.8. The number of carbonyl (C=O) groups excluding carboxylic acids is 2. The number of piperidine rings is 1. The van der Waals surface area contributed by atoms with Gasteiger partial charge in [0.2, 0.25) is 0 Å². The van der Waals surface area contributed by atoms with Crippen LogP contribution >= 0.6 is 11.3 Å². The fraction of sp³-hybridized carbons (Fsp3) is 0.393. The number of carbonyl (C=O) groups is 2. The average molecular weight is 474 g/mol. The Balaban J connectivity index is 1.35. The number of hydrogen-bond acceptors (Lipinski definition) is 4. The molecule has 0 radical (unpaired) electrons. The molecular formula is C28H31N3O2S. The fourth-order valence-corrected chi connectivity index (χ4v) is 5.82. The molecule has 5 nitrogen and oxygen atoms in total. The fourth-order valence-electron chi connectivity index (χ4n) is 4.58. The summed E-state index contributed by atoms with van der Waals surface area (Å²) >= 11 is 1.67. The van der Waals surface area contributed by atoms with E-state index in [9.17, 15) is 9.59 Å². The number of nitrogens with zero attached hydrogens (tertiary/aromatic N) is 2. The molecule has 176 valence electrons. The second kappa shape index (κ2) is 9.71. The summed E-state index contributed by atoms with van der Waals surface area (Å²) in [6.07, 6.45) is 5.25. The SMILES string of the molecule is Cc1ccc(C(=O)NCC2CCCCN2C(=O)c2nc(C3CC3)sc2-c2ccccc2)cc1C. The second-order valence-corrected chi connectivity index (χ2v) is 10.6. The van der Waals surface area contributed by atoms with Crippen LogP contribution in [0.4, 0.5) is 0 Å². The van der Waals surface area contributed by atoms with Crippen molar-refractivity contribution in [2.24, 2.45) is 0 Å². The molecule has 2 amide bonds. The number of amides is 2. The highest BCUT2D eigenvalue weighted by Gasteiger charge is 2.34. The third-order valence-electron chi connectivity index (χ3n) is 6.96. The summed E-state index contributed by atoms with van der Waals surface area (Å²) in [4.78, 5) is 34.4. The molecule has 0 bridgehead atoms. The number of aryl methyl sites for hydroxylation is 2. The van der Waals surface area contributed by atoms with E-state index in [1.165, 1.54) is 5.56 Å². The van der Waals surface area contributed by atoms with E-state index in [0.717, 1.165) is 53.1 Å². The minimum Gasteiger partial charge on any atom is -0.350 e. The molecule has 2 aromatic carbocycles. The molecule has 3 aromatic rings. The van der Waals surface area contributed by atoms with E-state index >= 15 is 0 Å². The van der Waals surface area contributed by atoms with Crippen LogP contribution in [0.1, 0.15) is 75.0 Å². The molecule has 1 atom stereocenters. The number of nitrogens with one attached hydrogen (secondary N) is 1. The maximum Gasteiger partial charge on any atom is 0.274 e. The van der Waals surface area contributed by atoms with Crippen molar-refractivity contribution in [3.8, 4) is 10.4 Å². The molecule has 1 saturated heterocycles. The van der Waals surface area contributed by atoms with Crippen molar-refractivity contribution in [1.82, 2.24) is 15.2 Å². The van der Waals surface area contributed by atoms with Gasteiger partial charge in [-0.05, 0) is 74.8 Å². The zero-order chi connectivity index (χ0) is 23.7. The van der Waals surface area contributed by atoms with Gasteiger partial charge in [0, 0.05) is 30.6 Å². The van der Waals surface area contributed by atoms with Gasteiger partial charge in [-0.3, -0.25) is 9.59 Å². The van der Waals surface area contributed by atoms with Gasteiger partial charge in [-0.2, -0.15) is 0 Å². The number of benzene rings is 2. The average Bonchev–Trinajstić information content (AvgIpc) is 3.62. The van der Waals surface area contributed by atoms with Crippen LogP contribution in [0.15, 0.2) is 48.5 Å². The third kappa shape index (κ3) is 4.78. The Morgan fingerprint density at radius 2 is 1.82 bits per heavy atom. The van der Waals surface area contributed by atoms with Crippen molar-refractivity contribution in [3.05, 3.63) is 75.9 Å². The van der Waals surface area contributed by atoms with Crippen molar-refractivity contribution >= 4 is 23.2 Å². The Bertz CT molecular complexity index is 1200. The first-order chi connectivity index (χ1) is 16.5. The van der Waals surface area contributed by atoms with Gasteiger partial charge < -0.3 is 10.2 Å². The van der Waals surface area contributed by atoms with Gasteiger partial charge >= 0.3 is 0 Å². The molecule has 1 unspecified atom stereocenters. The molecule has 34 heavy (non-hydrogen) atoms. The standard InChI is InChI=1S/C28H31N3O2S/c1-18-11-12-22(16-19(18)2)26(32)29-17-23-10-6-7-15-31(23)28(33)24-25(20-8-4-3-5-9-20)34-27(30-24)21-13-14-21/h3-5,8-9,11-12,16,21,23H,6-7,10,13-15,17H2,1-2H3,(H,29,32). The second-order valence-electron chi connectivity index (χ2n) is 9.53. The minimum absolute atomic E-state index is 0.00728. The van der Waals surface area contributed by atoms with Crippen molar-refractivity contribution in [3.63, 3.8) is 0 Å². The smallest absolute Gasteiger partial charge is 0.274 e. The van der Waals surface area contributed by atoms with Crippen LogP contribution in [0.25, 0.3) is 10.4 Å². The number of likely N-dealkylation sites (tertiary alicyclic amines) is 1. The van der Waals surface area contributed by atoms with E-state index < -0.39 is 0 Å². The normalized spacial score (nSPS) is 18.1. The van der Waals surface area contributed by atoms with Crippen LogP contribution < -0.4 is 5.32 Å². The maximum absolute atomic E-state index is 13.8. The van der Waals surface area contributed by atoms with Crippen molar-refractivity contribution in [2.75, 3.05) is 13.1 Å². The predicted octanol–water partition coefficient (Wildman–Crippen LogP) is 5.73. The van der Waals surface area contributed by atoms with Crippen LogP contribution in [0.2, 0.25) is 0 Å². The zero-order valence-electron chi connectivity index (χ0n) is 19.8. The molecular weight excluding hydrogens is 442 g/mol. The van der Waals surface area contributed by atoms with Crippen LogP contribution in [0, 0.1) is 13.8 Å². The molecule has 2 heterocycles. The van der Waals surface area contributed by atoms with E-state index in [1.807, 2.05) is 55.1 Å². The lowest BCUT2D eigenvalue weighted by molar-refractivity contribution is 0.0598. The third-order valence-corrected chi connectivity index (χ3v) is 8.23. The molecule has 1 aliphatic heterocycles. The zero-order valence-corrected chi connectivity index (χ0v) is 20.7. The first kappa shape index (κ1) is 22.8. The topological polar surface area (TPSA) is 62.3 Å². The quantitative estimate of drug-likeness (QED) is 0.497. The lowest BCUT2D eigenvalue weighted by atomic mass is 10.0. The van der Waals surface area contributed by atoms with Crippen LogP contribution in [-0.4, -0.2) is 40.8 Å². The van der Waals surface area contributed by atoms with E-state index in [-0.39, 0.29) is 17.9 Å². The van der Waals surface area contributed by atoms with Crippen LogP contribution in [0.3, 0.4) is 0 Å². The summed E-state index contributed by atoms with van der Waals surface area (Å²) in [7, 11) is 0. The highest BCUT2D eigenvalue weighted by molar-refractivity contribution is 7.15. The Hall–Kier alpha value is -2.99. The van der Waals surface area contributed by atoms with Gasteiger partial charge in [-0.1, -0.05) is 36.4 Å². The molecule has 2 aliphatic rings. The van der Waals surface area contributed by atoms with Gasteiger partial charge in [-0.15, -0.1) is 11.3 Å². The van der Waals surface area contributed by atoms with Crippen molar-refractivity contribution < 1.29 is 9.59 Å². The highest BCUT2D eigenvalue weighted by Crippen LogP contribution is 2.45. The molecule has 1 N–H and O–H groups in total. The number of aromatic nitrogens is 1. The molecule has 2 fully saturated rings. The van der Waals surface area contributed by atoms with E-state index in [1.54, 1.807) is 11.3 Å². The van der Waals surface area contributed by atoms with E-state index in [4.69, 9.17) is 4.98 Å². The summed E-state index contributed by atoms with van der Waals surface area (Å²) in [6, 6.07) is 15.9. The number of hydrogen-bond donors (Lipinski definition) is 1. The molecule has 1 aliphatic carbocycles. The van der Waals surface area contributed by atoms with Gasteiger partial charge in [0.15, 0.2) is 0 Å². The molecule has 6 heteroatoms. The van der Waals surface area contributed by atoms with E-state index in [0.29, 0.717) is 30.3 Å². The summed E-state index contributed by atoms with van der Waals surface area (Å²) < 4.78 is 0. The minimum atomic E-state index is -0.0873. The summed E-state index contributed by atoms with van der Waals surface area (Å²) in [5.74, 6) is 0.409. The molecule has 1 aromatic heterocycles. The lowest BCUT2D eigenvalue weighted by Gasteiger charge is -2.35. The summed E-state index contributed by atoms with van der Waals surface area (Å²) in [5.41, 5.74) is 4.56. The summed E-state index contributed by atoms with van der Waals surface area (Å²) in [5, 5.41) is 4.16. The Labute approximate surface area is 205 Å².